The van der Waals surface area contributed by atoms with Gasteiger partial charge in [0.05, 0.1) is 11.4 Å². The van der Waals surface area contributed by atoms with Crippen molar-refractivity contribution in [3.05, 3.63) is 107 Å². The minimum atomic E-state index is -0.420. The molecule has 8 nitrogen and oxygen atoms in total. The van der Waals surface area contributed by atoms with Crippen molar-refractivity contribution in [2.45, 2.75) is 0 Å². The smallest absolute Gasteiger partial charge is 0.323 e. The first-order valence-electron chi connectivity index (χ1n) is 11.6. The molecular weight excluding hydrogens is 527 g/mol. The predicted molar refractivity (Wildman–Crippen MR) is 152 cm³/mol. The zero-order valence-corrected chi connectivity index (χ0v) is 21.6. The van der Waals surface area contributed by atoms with Crippen LogP contribution < -0.4 is 30.7 Å². The lowest BCUT2D eigenvalue weighted by Crippen LogP contribution is -2.21. The molecule has 0 aliphatic carbocycles. The van der Waals surface area contributed by atoms with E-state index >= 15 is 0 Å². The summed E-state index contributed by atoms with van der Waals surface area (Å²) < 4.78 is 11.7. The van der Waals surface area contributed by atoms with Crippen LogP contribution in [-0.4, -0.2) is 25.3 Å². The summed E-state index contributed by atoms with van der Waals surface area (Å²) in [4.78, 5) is 24.8. The lowest BCUT2D eigenvalue weighted by atomic mass is 10.3. The summed E-state index contributed by atoms with van der Waals surface area (Å²) in [7, 11) is 0. The molecule has 0 fully saturated rings. The van der Waals surface area contributed by atoms with Crippen molar-refractivity contribution in [3.63, 3.8) is 0 Å². The van der Waals surface area contributed by atoms with E-state index < -0.39 is 12.1 Å². The molecular formula is C28H24Cl2N4O4. The van der Waals surface area contributed by atoms with Crippen LogP contribution in [0.25, 0.3) is 0 Å². The van der Waals surface area contributed by atoms with E-state index in [9.17, 15) is 9.59 Å². The number of ether oxygens (including phenoxy) is 2. The quantitative estimate of drug-likeness (QED) is 0.160. The minimum Gasteiger partial charge on any atom is -0.488 e. The SMILES string of the molecule is O=C(Nc1ccc(Cl)cc1)Nc1ccccc1OCCOc1ccccc1NC(=O)Nc1ccc(Cl)cc1. The molecule has 4 rings (SSSR count). The number of carbonyl (C=O) groups is 2. The van der Waals surface area contributed by atoms with Gasteiger partial charge < -0.3 is 30.7 Å². The lowest BCUT2D eigenvalue weighted by Gasteiger charge is -2.15. The molecule has 0 aromatic heterocycles. The third-order valence-corrected chi connectivity index (χ3v) is 5.58. The number of halogens is 2. The van der Waals surface area contributed by atoms with Gasteiger partial charge in [-0.25, -0.2) is 9.59 Å². The molecule has 4 aromatic carbocycles. The maximum atomic E-state index is 12.4. The van der Waals surface area contributed by atoms with Crippen molar-refractivity contribution in [2.75, 3.05) is 34.5 Å². The number of hydrogen-bond donors (Lipinski definition) is 4. The number of carbonyl (C=O) groups excluding carboxylic acids is 2. The Kier molecular flexibility index (Phi) is 9.28. The summed E-state index contributed by atoms with van der Waals surface area (Å²) in [5, 5.41) is 12.2. The Balaban J connectivity index is 1.28. The molecule has 38 heavy (non-hydrogen) atoms. The van der Waals surface area contributed by atoms with Crippen LogP contribution >= 0.6 is 23.2 Å². The summed E-state index contributed by atoms with van der Waals surface area (Å²) in [6.07, 6.45) is 0. The van der Waals surface area contributed by atoms with E-state index in [-0.39, 0.29) is 13.2 Å². The molecule has 0 aliphatic heterocycles. The van der Waals surface area contributed by atoms with E-state index in [1.54, 1.807) is 97.1 Å². The molecule has 0 bridgehead atoms. The fourth-order valence-corrected chi connectivity index (χ4v) is 3.58. The van der Waals surface area contributed by atoms with E-state index in [2.05, 4.69) is 21.3 Å². The number of rotatable bonds is 9. The number of nitrogens with one attached hydrogen (secondary N) is 4. The summed E-state index contributed by atoms with van der Waals surface area (Å²) >= 11 is 11.8. The molecule has 4 aromatic rings. The molecule has 0 saturated carbocycles. The summed E-state index contributed by atoms with van der Waals surface area (Å²) in [6, 6.07) is 26.9. The van der Waals surface area contributed by atoms with Gasteiger partial charge in [-0.05, 0) is 72.8 Å². The van der Waals surface area contributed by atoms with Crippen LogP contribution in [-0.2, 0) is 0 Å². The number of hydrogen-bond acceptors (Lipinski definition) is 4. The zero-order valence-electron chi connectivity index (χ0n) is 20.0. The average Bonchev–Trinajstić information content (AvgIpc) is 2.91. The van der Waals surface area contributed by atoms with Gasteiger partial charge in [-0.15, -0.1) is 0 Å². The van der Waals surface area contributed by atoms with Gasteiger partial charge in [0.2, 0.25) is 0 Å². The monoisotopic (exact) mass is 550 g/mol. The van der Waals surface area contributed by atoms with E-state index in [1.807, 2.05) is 0 Å². The van der Waals surface area contributed by atoms with Gasteiger partial charge in [0, 0.05) is 21.4 Å². The molecule has 0 atom stereocenters. The Morgan fingerprint density at radius 1 is 0.526 bits per heavy atom. The van der Waals surface area contributed by atoms with Gasteiger partial charge in [0.25, 0.3) is 0 Å². The third-order valence-electron chi connectivity index (χ3n) is 5.07. The highest BCUT2D eigenvalue weighted by Crippen LogP contribution is 2.26. The maximum absolute atomic E-state index is 12.4. The standard InChI is InChI=1S/C28H24Cl2N4O4/c29-19-9-13-21(14-10-19)31-27(35)33-23-5-1-3-7-25(23)37-17-18-38-26-8-4-2-6-24(26)34-28(36)32-22-15-11-20(30)12-16-22/h1-16H,17-18H2,(H2,31,33,35)(H2,32,34,36). The van der Waals surface area contributed by atoms with Crippen LogP contribution in [0.4, 0.5) is 32.3 Å². The summed E-state index contributed by atoms with van der Waals surface area (Å²) in [5.41, 5.74) is 2.21. The summed E-state index contributed by atoms with van der Waals surface area (Å²) in [6.45, 7) is 0.394. The van der Waals surface area contributed by atoms with E-state index in [1.165, 1.54) is 0 Å². The van der Waals surface area contributed by atoms with Gasteiger partial charge in [-0.1, -0.05) is 47.5 Å². The first-order chi connectivity index (χ1) is 18.5. The Morgan fingerprint density at radius 2 is 0.895 bits per heavy atom. The topological polar surface area (TPSA) is 101 Å². The average molecular weight is 551 g/mol. The Hall–Kier alpha value is -4.40. The van der Waals surface area contributed by atoms with Crippen LogP contribution in [0.1, 0.15) is 0 Å². The second-order valence-electron chi connectivity index (χ2n) is 7.86. The molecule has 0 radical (unpaired) electrons. The number of para-hydroxylation sites is 4. The normalized spacial score (nSPS) is 10.3. The van der Waals surface area contributed by atoms with Gasteiger partial charge in [0.1, 0.15) is 24.7 Å². The van der Waals surface area contributed by atoms with Crippen molar-refractivity contribution in [1.29, 1.82) is 0 Å². The van der Waals surface area contributed by atoms with Gasteiger partial charge in [-0.3, -0.25) is 0 Å². The lowest BCUT2D eigenvalue weighted by molar-refractivity contribution is 0.218. The second kappa shape index (κ2) is 13.2. The number of amides is 4. The zero-order chi connectivity index (χ0) is 26.7. The highest BCUT2D eigenvalue weighted by atomic mass is 35.5. The number of urea groups is 2. The van der Waals surface area contributed by atoms with Crippen LogP contribution in [0.3, 0.4) is 0 Å². The molecule has 0 heterocycles. The highest BCUT2D eigenvalue weighted by Gasteiger charge is 2.10. The molecule has 0 spiro atoms. The minimum absolute atomic E-state index is 0.197. The van der Waals surface area contributed by atoms with Crippen LogP contribution in [0.2, 0.25) is 10.0 Å². The fourth-order valence-electron chi connectivity index (χ4n) is 3.33. The fraction of sp³-hybridized carbons (Fsp3) is 0.0714. The van der Waals surface area contributed by atoms with Crippen molar-refractivity contribution < 1.29 is 19.1 Å². The van der Waals surface area contributed by atoms with E-state index in [0.29, 0.717) is 44.3 Å². The van der Waals surface area contributed by atoms with Gasteiger partial charge in [0.15, 0.2) is 0 Å². The second-order valence-corrected chi connectivity index (χ2v) is 8.73. The van der Waals surface area contributed by atoms with Gasteiger partial charge in [-0.2, -0.15) is 0 Å². The van der Waals surface area contributed by atoms with Crippen LogP contribution in [0, 0.1) is 0 Å². The van der Waals surface area contributed by atoms with E-state index in [4.69, 9.17) is 32.7 Å². The van der Waals surface area contributed by atoms with Crippen molar-refractivity contribution >= 4 is 58.0 Å². The Labute approximate surface area is 229 Å². The van der Waals surface area contributed by atoms with Crippen molar-refractivity contribution in [3.8, 4) is 11.5 Å². The third kappa shape index (κ3) is 8.06. The molecule has 4 N–H and O–H groups in total. The molecule has 194 valence electrons. The predicted octanol–water partition coefficient (Wildman–Crippen LogP) is 7.74. The van der Waals surface area contributed by atoms with Crippen LogP contribution in [0.15, 0.2) is 97.1 Å². The molecule has 4 amide bonds. The van der Waals surface area contributed by atoms with Crippen molar-refractivity contribution in [1.82, 2.24) is 0 Å². The highest BCUT2D eigenvalue weighted by molar-refractivity contribution is 6.31. The molecule has 10 heteroatoms. The summed E-state index contributed by atoms with van der Waals surface area (Å²) in [5.74, 6) is 0.965. The first kappa shape index (κ1) is 26.7. The molecule has 0 unspecified atom stereocenters. The number of benzene rings is 4. The number of anilines is 4. The van der Waals surface area contributed by atoms with Crippen molar-refractivity contribution in [2.24, 2.45) is 0 Å². The van der Waals surface area contributed by atoms with Crippen LogP contribution in [0.5, 0.6) is 11.5 Å². The Morgan fingerprint density at radius 3 is 1.29 bits per heavy atom. The molecule has 0 aliphatic rings. The van der Waals surface area contributed by atoms with E-state index in [0.717, 1.165) is 0 Å². The largest absolute Gasteiger partial charge is 0.488 e. The first-order valence-corrected chi connectivity index (χ1v) is 12.3. The van der Waals surface area contributed by atoms with Gasteiger partial charge >= 0.3 is 12.1 Å². The Bertz CT molecular complexity index is 1280. The maximum Gasteiger partial charge on any atom is 0.323 e. The molecule has 0 saturated heterocycles.